The third-order valence-corrected chi connectivity index (χ3v) is 4.44. The first-order valence-corrected chi connectivity index (χ1v) is 8.73. The second-order valence-corrected chi connectivity index (χ2v) is 8.08. The highest BCUT2D eigenvalue weighted by atomic mass is 32.2. The van der Waals surface area contributed by atoms with Gasteiger partial charge in [0.2, 0.25) is 10.0 Å². The second kappa shape index (κ2) is 8.46. The van der Waals surface area contributed by atoms with E-state index in [1.54, 1.807) is 14.0 Å². The Morgan fingerprint density at radius 3 is 2.30 bits per heavy atom. The van der Waals surface area contributed by atoms with E-state index in [0.717, 1.165) is 12.5 Å². The molecule has 0 saturated heterocycles. The Morgan fingerprint density at radius 2 is 1.85 bits per heavy atom. The Kier molecular flexibility index (Phi) is 8.12. The van der Waals surface area contributed by atoms with Crippen LogP contribution in [0.4, 0.5) is 0 Å². The zero-order valence-electron chi connectivity index (χ0n) is 13.7. The first kappa shape index (κ1) is 19.2. The van der Waals surface area contributed by atoms with Gasteiger partial charge in [0.25, 0.3) is 0 Å². The smallest absolute Gasteiger partial charge is 0.213 e. The lowest BCUT2D eigenvalue weighted by molar-refractivity contribution is 0.464. The minimum Gasteiger partial charge on any atom is -0.357 e. The molecule has 0 fully saturated rings. The van der Waals surface area contributed by atoms with Gasteiger partial charge in [-0.05, 0) is 41.0 Å². The molecule has 0 bridgehead atoms. The van der Waals surface area contributed by atoms with E-state index in [2.05, 4.69) is 36.4 Å². The predicted molar refractivity (Wildman–Crippen MR) is 85.6 cm³/mol. The van der Waals surface area contributed by atoms with E-state index in [9.17, 15) is 8.42 Å². The molecule has 6 nitrogen and oxygen atoms in total. The van der Waals surface area contributed by atoms with E-state index in [-0.39, 0.29) is 11.3 Å². The van der Waals surface area contributed by atoms with Crippen molar-refractivity contribution in [1.82, 2.24) is 14.9 Å². The lowest BCUT2D eigenvalue weighted by Gasteiger charge is -2.23. The molecule has 0 aliphatic rings. The summed E-state index contributed by atoms with van der Waals surface area (Å²) in [7, 11) is -1.47. The van der Waals surface area contributed by atoms with Crippen molar-refractivity contribution in [2.24, 2.45) is 4.99 Å². The van der Waals surface area contributed by atoms with Crippen molar-refractivity contribution in [1.29, 1.82) is 0 Å². The Balaban J connectivity index is 4.31. The lowest BCUT2D eigenvalue weighted by atomic mass is 10.1. The number of nitrogens with one attached hydrogen (secondary N) is 2. The normalized spacial score (nSPS) is 13.7. The van der Waals surface area contributed by atoms with Crippen LogP contribution in [0.25, 0.3) is 0 Å². The summed E-state index contributed by atoms with van der Waals surface area (Å²) in [5, 5.41) is 6.47. The minimum atomic E-state index is -3.08. The van der Waals surface area contributed by atoms with Crippen molar-refractivity contribution in [3.8, 4) is 0 Å². The molecule has 120 valence electrons. The summed E-state index contributed by atoms with van der Waals surface area (Å²) < 4.78 is 24.6. The van der Waals surface area contributed by atoms with Crippen molar-refractivity contribution in [2.75, 3.05) is 32.4 Å². The van der Waals surface area contributed by atoms with E-state index >= 15 is 0 Å². The maximum atomic E-state index is 11.6. The quantitative estimate of drug-likeness (QED) is 0.418. The molecule has 0 radical (unpaired) electrons. The summed E-state index contributed by atoms with van der Waals surface area (Å²) in [4.78, 5) is 4.45. The number of rotatable bonds is 7. The number of nitrogens with zero attached hydrogens (tertiary/aromatic N) is 2. The average molecular weight is 306 g/mol. The zero-order chi connectivity index (χ0) is 15.8. The SMILES string of the molecule is CCNC(=NCCCN(C)S(=O)(=O)CC)NC(C)(C)C. The molecule has 0 spiro atoms. The highest BCUT2D eigenvalue weighted by Gasteiger charge is 2.14. The monoisotopic (exact) mass is 306 g/mol. The minimum absolute atomic E-state index is 0.0522. The van der Waals surface area contributed by atoms with Crippen LogP contribution in [-0.4, -0.2) is 56.7 Å². The van der Waals surface area contributed by atoms with E-state index in [0.29, 0.717) is 19.5 Å². The van der Waals surface area contributed by atoms with Crippen molar-refractivity contribution in [3.05, 3.63) is 0 Å². The molecule has 0 amide bonds. The molecule has 0 saturated carbocycles. The van der Waals surface area contributed by atoms with Gasteiger partial charge >= 0.3 is 0 Å². The number of guanidine groups is 1. The molecule has 0 rings (SSSR count). The van der Waals surface area contributed by atoms with Gasteiger partial charge in [-0.25, -0.2) is 12.7 Å². The van der Waals surface area contributed by atoms with Crippen LogP contribution >= 0.6 is 0 Å². The topological polar surface area (TPSA) is 73.8 Å². The van der Waals surface area contributed by atoms with E-state index in [1.807, 2.05) is 6.92 Å². The van der Waals surface area contributed by atoms with Crippen LogP contribution in [0.1, 0.15) is 41.0 Å². The molecule has 0 aliphatic heterocycles. The number of hydrogen-bond donors (Lipinski definition) is 2. The average Bonchev–Trinajstić information content (AvgIpc) is 2.32. The fraction of sp³-hybridized carbons (Fsp3) is 0.923. The molecule has 7 heteroatoms. The molecule has 0 atom stereocenters. The van der Waals surface area contributed by atoms with Gasteiger partial charge in [-0.15, -0.1) is 0 Å². The van der Waals surface area contributed by atoms with Crippen molar-refractivity contribution in [3.63, 3.8) is 0 Å². The largest absolute Gasteiger partial charge is 0.357 e. The van der Waals surface area contributed by atoms with E-state index in [4.69, 9.17) is 0 Å². The highest BCUT2D eigenvalue weighted by Crippen LogP contribution is 2.00. The molecule has 0 aromatic rings. The van der Waals surface area contributed by atoms with Gasteiger partial charge in [0.05, 0.1) is 5.75 Å². The maximum Gasteiger partial charge on any atom is 0.213 e. The Morgan fingerprint density at radius 1 is 1.25 bits per heavy atom. The van der Waals surface area contributed by atoms with Gasteiger partial charge in [-0.2, -0.15) is 0 Å². The first-order chi connectivity index (χ1) is 9.12. The van der Waals surface area contributed by atoms with Gasteiger partial charge < -0.3 is 10.6 Å². The second-order valence-electron chi connectivity index (χ2n) is 5.71. The fourth-order valence-electron chi connectivity index (χ4n) is 1.51. The molecule has 0 aromatic carbocycles. The van der Waals surface area contributed by atoms with E-state index in [1.165, 1.54) is 4.31 Å². The Labute approximate surface area is 124 Å². The summed E-state index contributed by atoms with van der Waals surface area (Å²) in [6, 6.07) is 0. The molecular formula is C13H30N4O2S. The highest BCUT2D eigenvalue weighted by molar-refractivity contribution is 7.89. The summed E-state index contributed by atoms with van der Waals surface area (Å²) >= 11 is 0. The number of aliphatic imine (C=N–C) groups is 1. The van der Waals surface area contributed by atoms with Crippen LogP contribution < -0.4 is 10.6 Å². The van der Waals surface area contributed by atoms with Gasteiger partial charge in [-0.1, -0.05) is 0 Å². The van der Waals surface area contributed by atoms with Crippen LogP contribution in [0.2, 0.25) is 0 Å². The van der Waals surface area contributed by atoms with Gasteiger partial charge in [0, 0.05) is 32.2 Å². The van der Waals surface area contributed by atoms with Crippen molar-refractivity contribution >= 4 is 16.0 Å². The summed E-state index contributed by atoms with van der Waals surface area (Å²) in [6.45, 7) is 11.8. The molecule has 0 heterocycles. The third kappa shape index (κ3) is 8.37. The van der Waals surface area contributed by atoms with Gasteiger partial charge in [-0.3, -0.25) is 4.99 Å². The lowest BCUT2D eigenvalue weighted by Crippen LogP contribution is -2.47. The van der Waals surface area contributed by atoms with Gasteiger partial charge in [0.1, 0.15) is 0 Å². The Bertz CT molecular complexity index is 399. The van der Waals surface area contributed by atoms with Gasteiger partial charge in [0.15, 0.2) is 5.96 Å². The number of hydrogen-bond acceptors (Lipinski definition) is 3. The predicted octanol–water partition coefficient (Wildman–Crippen LogP) is 1.01. The fourth-order valence-corrected chi connectivity index (χ4v) is 2.35. The number of sulfonamides is 1. The summed E-state index contributed by atoms with van der Waals surface area (Å²) in [5.41, 5.74) is -0.0522. The van der Waals surface area contributed by atoms with Crippen LogP contribution in [0.15, 0.2) is 4.99 Å². The first-order valence-electron chi connectivity index (χ1n) is 7.13. The molecule has 0 unspecified atom stereocenters. The van der Waals surface area contributed by atoms with E-state index < -0.39 is 10.0 Å². The maximum absolute atomic E-state index is 11.6. The third-order valence-electron chi connectivity index (χ3n) is 2.58. The summed E-state index contributed by atoms with van der Waals surface area (Å²) in [6.07, 6.45) is 0.705. The zero-order valence-corrected chi connectivity index (χ0v) is 14.5. The van der Waals surface area contributed by atoms with Crippen molar-refractivity contribution < 1.29 is 8.42 Å². The molecular weight excluding hydrogens is 276 g/mol. The van der Waals surface area contributed by atoms with Crippen LogP contribution in [-0.2, 0) is 10.0 Å². The molecule has 2 N–H and O–H groups in total. The Hall–Kier alpha value is -0.820. The molecule has 0 aliphatic carbocycles. The van der Waals surface area contributed by atoms with Crippen LogP contribution in [0.3, 0.4) is 0 Å². The summed E-state index contributed by atoms with van der Waals surface area (Å²) in [5.74, 6) is 0.905. The molecule has 0 aromatic heterocycles. The van der Waals surface area contributed by atoms with Crippen LogP contribution in [0, 0.1) is 0 Å². The van der Waals surface area contributed by atoms with Crippen molar-refractivity contribution in [2.45, 2.75) is 46.6 Å². The molecule has 20 heavy (non-hydrogen) atoms. The standard InChI is InChI=1S/C13H30N4O2S/c1-7-14-12(16-13(3,4)5)15-10-9-11-17(6)20(18,19)8-2/h7-11H2,1-6H3,(H2,14,15,16). The van der Waals surface area contributed by atoms with Crippen LogP contribution in [0.5, 0.6) is 0 Å².